The first-order valence-corrected chi connectivity index (χ1v) is 9.89. The van der Waals surface area contributed by atoms with Gasteiger partial charge in [-0.2, -0.15) is 0 Å². The zero-order valence-electron chi connectivity index (χ0n) is 16.8. The molecule has 2 heterocycles. The van der Waals surface area contributed by atoms with E-state index < -0.39 is 5.97 Å². The predicted octanol–water partition coefficient (Wildman–Crippen LogP) is 2.81. The lowest BCUT2D eigenvalue weighted by atomic mass is 10.2. The minimum Gasteiger partial charge on any atom is -0.495 e. The molecule has 0 aliphatic heterocycles. The zero-order chi connectivity index (χ0) is 21.5. The number of likely N-dealkylation sites (N-methyl/N-ethyl adjacent to an activating group) is 1. The molecule has 0 atom stereocenters. The lowest BCUT2D eigenvalue weighted by Crippen LogP contribution is -2.28. The Balaban J connectivity index is 1.65. The highest BCUT2D eigenvalue weighted by Gasteiger charge is 2.21. The van der Waals surface area contributed by atoms with Gasteiger partial charge in [0.25, 0.3) is 0 Å². The Labute approximate surface area is 177 Å². The van der Waals surface area contributed by atoms with E-state index in [9.17, 15) is 9.59 Å². The number of hydrogen-bond donors (Lipinski definition) is 0. The van der Waals surface area contributed by atoms with Gasteiger partial charge in [0.05, 0.1) is 18.5 Å². The molecule has 0 bridgehead atoms. The molecular weight excluding hydrogens is 406 g/mol. The summed E-state index contributed by atoms with van der Waals surface area (Å²) in [5.74, 6) is 0.343. The topological polar surface area (TPSA) is 97.7 Å². The smallest absolute Gasteiger partial charge is 0.326 e. The van der Waals surface area contributed by atoms with Crippen LogP contribution in [0, 0.1) is 0 Å². The van der Waals surface area contributed by atoms with Crippen LogP contribution >= 0.6 is 11.3 Å². The second-order valence-electron chi connectivity index (χ2n) is 6.21. The van der Waals surface area contributed by atoms with Crippen LogP contribution < -0.4 is 14.5 Å². The van der Waals surface area contributed by atoms with E-state index in [1.165, 1.54) is 23.2 Å². The normalized spacial score (nSPS) is 10.4. The maximum atomic E-state index is 12.3. The first-order chi connectivity index (χ1) is 14.5. The molecule has 2 aromatic heterocycles. The summed E-state index contributed by atoms with van der Waals surface area (Å²) in [7, 11) is 3.25. The zero-order valence-corrected chi connectivity index (χ0v) is 17.6. The van der Waals surface area contributed by atoms with Crippen molar-refractivity contribution in [2.75, 3.05) is 30.5 Å². The molecule has 3 rings (SSSR count). The molecule has 30 heavy (non-hydrogen) atoms. The van der Waals surface area contributed by atoms with Gasteiger partial charge in [0.15, 0.2) is 5.13 Å². The summed E-state index contributed by atoms with van der Waals surface area (Å²) in [6.45, 7) is 1.45. The minimum atomic E-state index is -0.437. The molecule has 0 aliphatic carbocycles. The van der Waals surface area contributed by atoms with Crippen LogP contribution in [0.15, 0.2) is 48.1 Å². The number of anilines is 3. The van der Waals surface area contributed by atoms with Crippen molar-refractivity contribution in [3.8, 4) is 5.75 Å². The molecule has 0 spiro atoms. The van der Waals surface area contributed by atoms with Gasteiger partial charge in [0.1, 0.15) is 18.9 Å². The first-order valence-electron chi connectivity index (χ1n) is 9.01. The highest BCUT2D eigenvalue weighted by atomic mass is 32.1. The fourth-order valence-electron chi connectivity index (χ4n) is 2.64. The van der Waals surface area contributed by atoms with Gasteiger partial charge in [-0.05, 0) is 18.2 Å². The summed E-state index contributed by atoms with van der Waals surface area (Å²) in [6, 6.07) is 8.89. The van der Waals surface area contributed by atoms with Gasteiger partial charge in [-0.1, -0.05) is 12.1 Å². The monoisotopic (exact) mass is 427 g/mol. The van der Waals surface area contributed by atoms with E-state index in [0.717, 1.165) is 0 Å². The van der Waals surface area contributed by atoms with Crippen LogP contribution in [0.5, 0.6) is 5.75 Å². The Hall–Kier alpha value is -3.53. The summed E-state index contributed by atoms with van der Waals surface area (Å²) >= 11 is 1.28. The van der Waals surface area contributed by atoms with Gasteiger partial charge in [0.2, 0.25) is 11.9 Å². The van der Waals surface area contributed by atoms with Crippen molar-refractivity contribution in [1.29, 1.82) is 0 Å². The average Bonchev–Trinajstić information content (AvgIpc) is 3.21. The second kappa shape index (κ2) is 9.79. The van der Waals surface area contributed by atoms with Gasteiger partial charge < -0.3 is 14.4 Å². The number of rotatable bonds is 8. The summed E-state index contributed by atoms with van der Waals surface area (Å²) in [4.78, 5) is 40.1. The molecule has 0 radical (unpaired) electrons. The van der Waals surface area contributed by atoms with Gasteiger partial charge in [-0.3, -0.25) is 14.5 Å². The molecule has 0 saturated carbocycles. The van der Waals surface area contributed by atoms with Crippen molar-refractivity contribution < 1.29 is 19.1 Å². The van der Waals surface area contributed by atoms with Gasteiger partial charge >= 0.3 is 5.97 Å². The molecule has 10 heteroatoms. The molecule has 0 saturated heterocycles. The lowest BCUT2D eigenvalue weighted by molar-refractivity contribution is -0.143. The Kier molecular flexibility index (Phi) is 6.91. The van der Waals surface area contributed by atoms with Gasteiger partial charge in [-0.15, -0.1) is 11.3 Å². The fraction of sp³-hybridized carbons (Fsp3) is 0.250. The number of benzene rings is 1. The Morgan fingerprint density at radius 2 is 1.87 bits per heavy atom. The number of methoxy groups -OCH3 is 1. The number of para-hydroxylation sites is 2. The number of carbonyl (C=O) groups excluding carboxylic acids is 2. The highest BCUT2D eigenvalue weighted by Crippen LogP contribution is 2.35. The van der Waals surface area contributed by atoms with E-state index in [-0.39, 0.29) is 19.1 Å². The molecule has 9 nitrogen and oxygen atoms in total. The Bertz CT molecular complexity index is 1010. The van der Waals surface area contributed by atoms with Crippen molar-refractivity contribution >= 4 is 40.0 Å². The highest BCUT2D eigenvalue weighted by molar-refractivity contribution is 7.14. The fourth-order valence-corrected chi connectivity index (χ4v) is 3.50. The van der Waals surface area contributed by atoms with Crippen LogP contribution in [0.1, 0.15) is 12.6 Å². The van der Waals surface area contributed by atoms with Crippen LogP contribution in [0.4, 0.5) is 16.8 Å². The molecule has 0 aliphatic rings. The van der Waals surface area contributed by atoms with E-state index in [1.54, 1.807) is 55.0 Å². The standard InChI is InChI=1S/C20H21N5O4S/c1-14(26)25(16-7-4-5-8-17(16)28-3)20-23-15(13-30-20)12-29-18(27)11-24(2)19-21-9-6-10-22-19/h4-10,13H,11-12H2,1-3H3. The quantitative estimate of drug-likeness (QED) is 0.506. The number of carbonyl (C=O) groups is 2. The summed E-state index contributed by atoms with van der Waals surface area (Å²) in [5.41, 5.74) is 1.14. The third-order valence-electron chi connectivity index (χ3n) is 4.01. The number of thiazole rings is 1. The van der Waals surface area contributed by atoms with E-state index in [2.05, 4.69) is 15.0 Å². The van der Waals surface area contributed by atoms with Crippen molar-refractivity contribution in [1.82, 2.24) is 15.0 Å². The second-order valence-corrected chi connectivity index (χ2v) is 7.05. The Morgan fingerprint density at radius 1 is 1.13 bits per heavy atom. The van der Waals surface area contributed by atoms with Crippen molar-refractivity contribution in [3.63, 3.8) is 0 Å². The van der Waals surface area contributed by atoms with Crippen LogP contribution in [-0.2, 0) is 20.9 Å². The van der Waals surface area contributed by atoms with Gasteiger partial charge in [-0.25, -0.2) is 15.0 Å². The number of aromatic nitrogens is 3. The van der Waals surface area contributed by atoms with Gasteiger partial charge in [0, 0.05) is 31.7 Å². The summed E-state index contributed by atoms with van der Waals surface area (Å²) < 4.78 is 10.7. The average molecular weight is 427 g/mol. The maximum absolute atomic E-state index is 12.3. The SMILES string of the molecule is COc1ccccc1N(C(C)=O)c1nc(COC(=O)CN(C)c2ncccn2)cs1. The number of esters is 1. The number of ether oxygens (including phenoxy) is 2. The molecule has 3 aromatic rings. The molecule has 1 amide bonds. The van der Waals surface area contributed by atoms with Crippen molar-refractivity contribution in [3.05, 3.63) is 53.8 Å². The van der Waals surface area contributed by atoms with Crippen LogP contribution in [0.3, 0.4) is 0 Å². The first kappa shape index (κ1) is 21.2. The van der Waals surface area contributed by atoms with Crippen LogP contribution in [0.25, 0.3) is 0 Å². The predicted molar refractivity (Wildman–Crippen MR) is 113 cm³/mol. The number of amides is 1. The van der Waals surface area contributed by atoms with Crippen LogP contribution in [0.2, 0.25) is 0 Å². The third-order valence-corrected chi connectivity index (χ3v) is 4.89. The number of nitrogens with zero attached hydrogens (tertiary/aromatic N) is 5. The number of hydrogen-bond acceptors (Lipinski definition) is 9. The molecule has 0 fully saturated rings. The van der Waals surface area contributed by atoms with Crippen LogP contribution in [-0.4, -0.2) is 47.5 Å². The third kappa shape index (κ3) is 5.09. The van der Waals surface area contributed by atoms with E-state index in [4.69, 9.17) is 9.47 Å². The summed E-state index contributed by atoms with van der Waals surface area (Å²) in [6.07, 6.45) is 3.20. The summed E-state index contributed by atoms with van der Waals surface area (Å²) in [5, 5.41) is 2.21. The van der Waals surface area contributed by atoms with Crippen molar-refractivity contribution in [2.45, 2.75) is 13.5 Å². The van der Waals surface area contributed by atoms with E-state index >= 15 is 0 Å². The van der Waals surface area contributed by atoms with E-state index in [0.29, 0.717) is 28.2 Å². The molecule has 0 N–H and O–H groups in total. The van der Waals surface area contributed by atoms with Crippen molar-refractivity contribution in [2.24, 2.45) is 0 Å². The largest absolute Gasteiger partial charge is 0.495 e. The Morgan fingerprint density at radius 3 is 2.57 bits per heavy atom. The molecule has 1 aromatic carbocycles. The lowest BCUT2D eigenvalue weighted by Gasteiger charge is -2.20. The molecule has 156 valence electrons. The van der Waals surface area contributed by atoms with E-state index in [1.807, 2.05) is 12.1 Å². The maximum Gasteiger partial charge on any atom is 0.326 e. The molecule has 0 unspecified atom stereocenters. The minimum absolute atomic E-state index is 0.00178. The molecular formula is C20H21N5O4S.